The van der Waals surface area contributed by atoms with Crippen molar-refractivity contribution in [3.05, 3.63) is 21.9 Å². The summed E-state index contributed by atoms with van der Waals surface area (Å²) in [5.41, 5.74) is 0.627. The predicted octanol–water partition coefficient (Wildman–Crippen LogP) is 0.935. The van der Waals surface area contributed by atoms with Crippen molar-refractivity contribution in [2.45, 2.75) is 19.9 Å². The van der Waals surface area contributed by atoms with Crippen LogP contribution in [0.15, 0.2) is 11.4 Å². The standard InChI is InChI=1S/C13H17NO3S/c1-10(2)14(6-8-16)13(17)12-11(4-3-7-15)5-9-18-12/h5,9-10,15-16H,6-8H2,1-2H3. The molecule has 18 heavy (non-hydrogen) atoms. The van der Waals surface area contributed by atoms with Crippen LogP contribution in [0.3, 0.4) is 0 Å². The summed E-state index contributed by atoms with van der Waals surface area (Å²) in [4.78, 5) is 14.5. The molecule has 1 rings (SSSR count). The van der Waals surface area contributed by atoms with Gasteiger partial charge < -0.3 is 15.1 Å². The summed E-state index contributed by atoms with van der Waals surface area (Å²) in [6, 6.07) is 1.78. The van der Waals surface area contributed by atoms with E-state index in [-0.39, 0.29) is 25.2 Å². The van der Waals surface area contributed by atoms with Gasteiger partial charge >= 0.3 is 0 Å². The van der Waals surface area contributed by atoms with Gasteiger partial charge in [-0.25, -0.2) is 0 Å². The van der Waals surface area contributed by atoms with Crippen LogP contribution in [0.2, 0.25) is 0 Å². The predicted molar refractivity (Wildman–Crippen MR) is 71.5 cm³/mol. The van der Waals surface area contributed by atoms with Crippen molar-refractivity contribution in [1.29, 1.82) is 0 Å². The summed E-state index contributed by atoms with van der Waals surface area (Å²) >= 11 is 1.32. The van der Waals surface area contributed by atoms with E-state index in [1.807, 2.05) is 13.8 Å². The maximum absolute atomic E-state index is 12.3. The summed E-state index contributed by atoms with van der Waals surface area (Å²) in [7, 11) is 0. The molecule has 98 valence electrons. The minimum Gasteiger partial charge on any atom is -0.395 e. The minimum atomic E-state index is -0.228. The number of carbonyl (C=O) groups is 1. The average molecular weight is 267 g/mol. The molecule has 0 atom stereocenters. The lowest BCUT2D eigenvalue weighted by atomic mass is 10.2. The van der Waals surface area contributed by atoms with Crippen molar-refractivity contribution in [2.24, 2.45) is 0 Å². The average Bonchev–Trinajstić information content (AvgIpc) is 2.80. The molecule has 2 N–H and O–H groups in total. The highest BCUT2D eigenvalue weighted by molar-refractivity contribution is 7.12. The second-order valence-electron chi connectivity index (χ2n) is 3.94. The fraction of sp³-hybridized carbons (Fsp3) is 0.462. The van der Waals surface area contributed by atoms with Gasteiger partial charge in [0.25, 0.3) is 5.91 Å². The third-order valence-corrected chi connectivity index (χ3v) is 3.29. The van der Waals surface area contributed by atoms with Gasteiger partial charge in [0.05, 0.1) is 6.61 Å². The monoisotopic (exact) mass is 267 g/mol. The Morgan fingerprint density at radius 3 is 2.78 bits per heavy atom. The molecule has 0 spiro atoms. The van der Waals surface area contributed by atoms with Gasteiger partial charge in [-0.2, -0.15) is 0 Å². The summed E-state index contributed by atoms with van der Waals surface area (Å²) in [5, 5.41) is 19.5. The third kappa shape index (κ3) is 3.57. The van der Waals surface area contributed by atoms with Gasteiger partial charge in [0.2, 0.25) is 0 Å². The molecule has 0 aliphatic carbocycles. The van der Waals surface area contributed by atoms with Gasteiger partial charge in [0.15, 0.2) is 0 Å². The number of hydrogen-bond donors (Lipinski definition) is 2. The van der Waals surface area contributed by atoms with E-state index < -0.39 is 0 Å². The van der Waals surface area contributed by atoms with Gasteiger partial charge in [0.1, 0.15) is 11.5 Å². The Hall–Kier alpha value is -1.35. The normalized spacial score (nSPS) is 10.1. The van der Waals surface area contributed by atoms with Gasteiger partial charge in [-0.05, 0) is 25.3 Å². The number of amides is 1. The second kappa shape index (κ2) is 7.17. The van der Waals surface area contributed by atoms with Crippen molar-refractivity contribution < 1.29 is 15.0 Å². The molecular weight excluding hydrogens is 250 g/mol. The molecule has 0 aliphatic heterocycles. The van der Waals surface area contributed by atoms with Gasteiger partial charge in [-0.1, -0.05) is 11.8 Å². The Balaban J connectivity index is 2.98. The summed E-state index contributed by atoms with van der Waals surface area (Å²) in [6.07, 6.45) is 0. The highest BCUT2D eigenvalue weighted by Gasteiger charge is 2.21. The molecule has 5 heteroatoms. The molecular formula is C13H17NO3S. The molecule has 1 amide bonds. The Labute approximate surface area is 111 Å². The summed E-state index contributed by atoms with van der Waals surface area (Å²) in [6.45, 7) is 3.82. The van der Waals surface area contributed by atoms with E-state index >= 15 is 0 Å². The lowest BCUT2D eigenvalue weighted by Gasteiger charge is -2.25. The van der Waals surface area contributed by atoms with Crippen LogP contribution in [0.5, 0.6) is 0 Å². The molecule has 0 bridgehead atoms. The highest BCUT2D eigenvalue weighted by Crippen LogP contribution is 2.19. The van der Waals surface area contributed by atoms with Crippen LogP contribution < -0.4 is 0 Å². The molecule has 0 saturated heterocycles. The van der Waals surface area contributed by atoms with Crippen LogP contribution in [-0.4, -0.2) is 46.8 Å². The number of hydrogen-bond acceptors (Lipinski definition) is 4. The first-order valence-corrected chi connectivity index (χ1v) is 6.58. The van der Waals surface area contributed by atoms with Gasteiger partial charge in [0, 0.05) is 18.2 Å². The number of rotatable bonds is 4. The lowest BCUT2D eigenvalue weighted by molar-refractivity contribution is 0.0670. The third-order valence-electron chi connectivity index (χ3n) is 2.39. The Morgan fingerprint density at radius 2 is 2.22 bits per heavy atom. The second-order valence-corrected chi connectivity index (χ2v) is 4.86. The number of aliphatic hydroxyl groups is 2. The van der Waals surface area contributed by atoms with Crippen LogP contribution >= 0.6 is 11.3 Å². The van der Waals surface area contributed by atoms with E-state index in [0.29, 0.717) is 17.0 Å². The number of thiophene rings is 1. The van der Waals surface area contributed by atoms with E-state index in [0.717, 1.165) is 0 Å². The van der Waals surface area contributed by atoms with E-state index in [1.165, 1.54) is 11.3 Å². The molecule has 1 aromatic rings. The first-order chi connectivity index (χ1) is 8.61. The number of carbonyl (C=O) groups excluding carboxylic acids is 1. The fourth-order valence-electron chi connectivity index (χ4n) is 1.54. The first kappa shape index (κ1) is 14.7. The van der Waals surface area contributed by atoms with E-state index in [2.05, 4.69) is 11.8 Å². The van der Waals surface area contributed by atoms with Gasteiger partial charge in [-0.15, -0.1) is 11.3 Å². The highest BCUT2D eigenvalue weighted by atomic mass is 32.1. The number of nitrogens with zero attached hydrogens (tertiary/aromatic N) is 1. The van der Waals surface area contributed by atoms with Crippen LogP contribution in [0, 0.1) is 11.8 Å². The summed E-state index contributed by atoms with van der Waals surface area (Å²) < 4.78 is 0. The maximum Gasteiger partial charge on any atom is 0.265 e. The van der Waals surface area contributed by atoms with Crippen molar-refractivity contribution in [3.8, 4) is 11.8 Å². The molecule has 0 fully saturated rings. The molecule has 0 unspecified atom stereocenters. The van der Waals surface area contributed by atoms with Crippen molar-refractivity contribution in [2.75, 3.05) is 19.8 Å². The molecule has 1 aromatic heterocycles. The molecule has 0 aliphatic rings. The van der Waals surface area contributed by atoms with Crippen LogP contribution in [0.4, 0.5) is 0 Å². The lowest BCUT2D eigenvalue weighted by Crippen LogP contribution is -2.38. The minimum absolute atomic E-state index is 0.0189. The zero-order valence-corrected chi connectivity index (χ0v) is 11.3. The fourth-order valence-corrected chi connectivity index (χ4v) is 2.34. The quantitative estimate of drug-likeness (QED) is 0.798. The van der Waals surface area contributed by atoms with E-state index in [4.69, 9.17) is 10.2 Å². The maximum atomic E-state index is 12.3. The zero-order chi connectivity index (χ0) is 13.5. The number of aliphatic hydroxyl groups excluding tert-OH is 2. The smallest absolute Gasteiger partial charge is 0.265 e. The van der Waals surface area contributed by atoms with Crippen molar-refractivity contribution in [1.82, 2.24) is 4.90 Å². The topological polar surface area (TPSA) is 60.8 Å². The Bertz CT molecular complexity index is 456. The molecule has 1 heterocycles. The van der Waals surface area contributed by atoms with Crippen LogP contribution in [0.1, 0.15) is 29.1 Å². The van der Waals surface area contributed by atoms with Crippen LogP contribution in [0.25, 0.3) is 0 Å². The van der Waals surface area contributed by atoms with Crippen LogP contribution in [-0.2, 0) is 0 Å². The van der Waals surface area contributed by atoms with Crippen molar-refractivity contribution >= 4 is 17.2 Å². The first-order valence-electron chi connectivity index (χ1n) is 5.70. The summed E-state index contributed by atoms with van der Waals surface area (Å²) in [5.74, 6) is 5.17. The molecule has 0 radical (unpaired) electrons. The Morgan fingerprint density at radius 1 is 1.50 bits per heavy atom. The largest absolute Gasteiger partial charge is 0.395 e. The van der Waals surface area contributed by atoms with Crippen molar-refractivity contribution in [3.63, 3.8) is 0 Å². The Kier molecular flexibility index (Phi) is 5.86. The molecule has 0 aromatic carbocycles. The zero-order valence-electron chi connectivity index (χ0n) is 10.5. The molecule has 0 saturated carbocycles. The van der Waals surface area contributed by atoms with Gasteiger partial charge in [-0.3, -0.25) is 4.79 Å². The SMILES string of the molecule is CC(C)N(CCO)C(=O)c1sccc1C#CCO. The van der Waals surface area contributed by atoms with E-state index in [1.54, 1.807) is 16.3 Å². The van der Waals surface area contributed by atoms with E-state index in [9.17, 15) is 4.79 Å². The molecule has 4 nitrogen and oxygen atoms in total.